The molecular formula is C18H19NO. The monoisotopic (exact) mass is 265 g/mol. The van der Waals surface area contributed by atoms with Gasteiger partial charge in [0.15, 0.2) is 0 Å². The van der Waals surface area contributed by atoms with Gasteiger partial charge in [-0.3, -0.25) is 0 Å². The molecule has 0 spiro atoms. The third kappa shape index (κ3) is 4.15. The molecule has 0 unspecified atom stereocenters. The average Bonchev–Trinajstić information content (AvgIpc) is 2.47. The van der Waals surface area contributed by atoms with Crippen LogP contribution >= 0.6 is 0 Å². The van der Waals surface area contributed by atoms with E-state index in [1.807, 2.05) is 42.5 Å². The molecule has 2 N–H and O–H groups in total. The number of nitrogens with two attached hydrogens (primary N) is 1. The predicted octanol–water partition coefficient (Wildman–Crippen LogP) is 2.93. The molecule has 0 aliphatic heterocycles. The lowest BCUT2D eigenvalue weighted by molar-refractivity contribution is 0.366. The van der Waals surface area contributed by atoms with E-state index in [9.17, 15) is 0 Å². The van der Waals surface area contributed by atoms with E-state index in [0.29, 0.717) is 13.2 Å². The first-order valence-corrected chi connectivity index (χ1v) is 6.76. The molecule has 0 fully saturated rings. The van der Waals surface area contributed by atoms with Crippen LogP contribution in [0.15, 0.2) is 48.5 Å². The molecule has 2 nitrogen and oxygen atoms in total. The standard InChI is InChI=1S/C18H19NO/c1-15-9-10-18(17(14-15)11-12-19)20-13-5-8-16-6-3-2-4-7-16/h2-4,6-7,9-10,14H,11-13,19H2,1H3. The largest absolute Gasteiger partial charge is 0.481 e. The Morgan fingerprint density at radius 2 is 1.90 bits per heavy atom. The third-order valence-electron chi connectivity index (χ3n) is 2.94. The Kier molecular flexibility index (Phi) is 5.23. The van der Waals surface area contributed by atoms with Crippen LogP contribution in [0.2, 0.25) is 0 Å². The molecule has 0 aromatic heterocycles. The van der Waals surface area contributed by atoms with E-state index in [0.717, 1.165) is 23.3 Å². The van der Waals surface area contributed by atoms with Gasteiger partial charge in [0.25, 0.3) is 0 Å². The number of hydrogen-bond donors (Lipinski definition) is 1. The van der Waals surface area contributed by atoms with Crippen molar-refractivity contribution in [1.29, 1.82) is 0 Å². The van der Waals surface area contributed by atoms with Crippen LogP contribution in [-0.4, -0.2) is 13.2 Å². The SMILES string of the molecule is Cc1ccc(OCC#Cc2ccccc2)c(CCN)c1. The van der Waals surface area contributed by atoms with Gasteiger partial charge in [-0.05, 0) is 43.7 Å². The van der Waals surface area contributed by atoms with E-state index in [1.165, 1.54) is 5.56 Å². The zero-order valence-electron chi connectivity index (χ0n) is 11.7. The fourth-order valence-electron chi connectivity index (χ4n) is 1.97. The second kappa shape index (κ2) is 7.37. The molecule has 2 heteroatoms. The lowest BCUT2D eigenvalue weighted by Crippen LogP contribution is -2.06. The summed E-state index contributed by atoms with van der Waals surface area (Å²) in [5.74, 6) is 6.99. The van der Waals surface area contributed by atoms with Crippen molar-refractivity contribution in [2.45, 2.75) is 13.3 Å². The van der Waals surface area contributed by atoms with Crippen molar-refractivity contribution < 1.29 is 4.74 Å². The molecule has 0 bridgehead atoms. The molecule has 0 saturated heterocycles. The van der Waals surface area contributed by atoms with Crippen LogP contribution in [0, 0.1) is 18.8 Å². The summed E-state index contributed by atoms with van der Waals surface area (Å²) in [7, 11) is 0. The maximum absolute atomic E-state index is 5.74. The summed E-state index contributed by atoms with van der Waals surface area (Å²) < 4.78 is 5.74. The zero-order chi connectivity index (χ0) is 14.2. The summed E-state index contributed by atoms with van der Waals surface area (Å²) in [6.07, 6.45) is 0.823. The second-order valence-corrected chi connectivity index (χ2v) is 4.61. The minimum absolute atomic E-state index is 0.384. The van der Waals surface area contributed by atoms with Gasteiger partial charge in [0.2, 0.25) is 0 Å². The van der Waals surface area contributed by atoms with Crippen molar-refractivity contribution in [1.82, 2.24) is 0 Å². The van der Waals surface area contributed by atoms with Crippen LogP contribution in [-0.2, 0) is 6.42 Å². The molecule has 0 radical (unpaired) electrons. The zero-order valence-corrected chi connectivity index (χ0v) is 11.7. The average molecular weight is 265 g/mol. The van der Waals surface area contributed by atoms with E-state index in [4.69, 9.17) is 10.5 Å². The number of rotatable bonds is 4. The first-order chi connectivity index (χ1) is 9.79. The van der Waals surface area contributed by atoms with Crippen LogP contribution in [0.5, 0.6) is 5.75 Å². The van der Waals surface area contributed by atoms with Gasteiger partial charge in [0, 0.05) is 5.56 Å². The molecule has 0 saturated carbocycles. The van der Waals surface area contributed by atoms with Gasteiger partial charge >= 0.3 is 0 Å². The van der Waals surface area contributed by atoms with Gasteiger partial charge < -0.3 is 10.5 Å². The highest BCUT2D eigenvalue weighted by molar-refractivity contribution is 5.38. The predicted molar refractivity (Wildman–Crippen MR) is 82.8 cm³/mol. The summed E-state index contributed by atoms with van der Waals surface area (Å²) in [5, 5.41) is 0. The van der Waals surface area contributed by atoms with Gasteiger partial charge in [-0.25, -0.2) is 0 Å². The maximum Gasteiger partial charge on any atom is 0.149 e. The van der Waals surface area contributed by atoms with Crippen LogP contribution in [0.25, 0.3) is 0 Å². The molecular weight excluding hydrogens is 246 g/mol. The molecule has 2 rings (SSSR count). The summed E-state index contributed by atoms with van der Waals surface area (Å²) in [4.78, 5) is 0. The number of aryl methyl sites for hydroxylation is 1. The molecule has 0 amide bonds. The van der Waals surface area contributed by atoms with Crippen LogP contribution in [0.4, 0.5) is 0 Å². The van der Waals surface area contributed by atoms with Crippen molar-refractivity contribution in [2.75, 3.05) is 13.2 Å². The second-order valence-electron chi connectivity index (χ2n) is 4.61. The molecule has 0 heterocycles. The van der Waals surface area contributed by atoms with Crippen LogP contribution < -0.4 is 10.5 Å². The normalized spacial score (nSPS) is 9.70. The van der Waals surface area contributed by atoms with Crippen molar-refractivity contribution in [3.05, 3.63) is 65.2 Å². The molecule has 20 heavy (non-hydrogen) atoms. The molecule has 2 aromatic carbocycles. The first-order valence-electron chi connectivity index (χ1n) is 6.76. The summed E-state index contributed by atoms with van der Waals surface area (Å²) in [6, 6.07) is 16.1. The van der Waals surface area contributed by atoms with Gasteiger partial charge in [0.1, 0.15) is 12.4 Å². The first kappa shape index (κ1) is 14.2. The van der Waals surface area contributed by atoms with E-state index in [-0.39, 0.29) is 0 Å². The number of ether oxygens (including phenoxy) is 1. The fourth-order valence-corrected chi connectivity index (χ4v) is 1.97. The summed E-state index contributed by atoms with van der Waals surface area (Å²) >= 11 is 0. The molecule has 0 aliphatic rings. The van der Waals surface area contributed by atoms with E-state index in [1.54, 1.807) is 0 Å². The smallest absolute Gasteiger partial charge is 0.149 e. The fraction of sp³-hybridized carbons (Fsp3) is 0.222. The minimum Gasteiger partial charge on any atom is -0.481 e. The Bertz CT molecular complexity index is 608. The van der Waals surface area contributed by atoms with Gasteiger partial charge in [0.05, 0.1) is 0 Å². The summed E-state index contributed by atoms with van der Waals surface area (Å²) in [5.41, 5.74) is 8.99. The number of hydrogen-bond acceptors (Lipinski definition) is 2. The molecule has 0 atom stereocenters. The Hall–Kier alpha value is -2.24. The molecule has 2 aromatic rings. The van der Waals surface area contributed by atoms with Crippen LogP contribution in [0.1, 0.15) is 16.7 Å². The highest BCUT2D eigenvalue weighted by Gasteiger charge is 2.02. The number of benzene rings is 2. The van der Waals surface area contributed by atoms with Gasteiger partial charge in [-0.15, -0.1) is 0 Å². The van der Waals surface area contributed by atoms with E-state index in [2.05, 4.69) is 24.8 Å². The Labute approximate surface area is 120 Å². The highest BCUT2D eigenvalue weighted by Crippen LogP contribution is 2.20. The van der Waals surface area contributed by atoms with Crippen molar-refractivity contribution >= 4 is 0 Å². The lowest BCUT2D eigenvalue weighted by Gasteiger charge is -2.09. The highest BCUT2D eigenvalue weighted by atomic mass is 16.5. The van der Waals surface area contributed by atoms with Crippen molar-refractivity contribution in [3.63, 3.8) is 0 Å². The minimum atomic E-state index is 0.384. The Morgan fingerprint density at radius 3 is 2.65 bits per heavy atom. The van der Waals surface area contributed by atoms with Gasteiger partial charge in [-0.2, -0.15) is 0 Å². The molecule has 102 valence electrons. The Morgan fingerprint density at radius 1 is 1.10 bits per heavy atom. The quantitative estimate of drug-likeness (QED) is 0.863. The maximum atomic E-state index is 5.74. The topological polar surface area (TPSA) is 35.2 Å². The van der Waals surface area contributed by atoms with E-state index < -0.39 is 0 Å². The lowest BCUT2D eigenvalue weighted by atomic mass is 10.1. The molecule has 0 aliphatic carbocycles. The van der Waals surface area contributed by atoms with E-state index >= 15 is 0 Å². The van der Waals surface area contributed by atoms with Gasteiger partial charge in [-0.1, -0.05) is 47.7 Å². The summed E-state index contributed by atoms with van der Waals surface area (Å²) in [6.45, 7) is 3.07. The Balaban J connectivity index is 1.99. The van der Waals surface area contributed by atoms with Crippen molar-refractivity contribution in [2.24, 2.45) is 5.73 Å². The van der Waals surface area contributed by atoms with Crippen molar-refractivity contribution in [3.8, 4) is 17.6 Å². The van der Waals surface area contributed by atoms with Crippen LogP contribution in [0.3, 0.4) is 0 Å². The third-order valence-corrected chi connectivity index (χ3v) is 2.94.